The summed E-state index contributed by atoms with van der Waals surface area (Å²) in [4.78, 5) is 42.0. The number of β-amino-alcohol motifs (C(OH)–C–C–N with tert-alkyl or cyclic N) is 1. The van der Waals surface area contributed by atoms with Crippen molar-refractivity contribution >= 4 is 35.0 Å². The summed E-state index contributed by atoms with van der Waals surface area (Å²) in [6, 6.07) is 4.34. The standard InChI is InChI=1S/C24H32ClN3O5/c1-5-9-26-20(30)16-17-22(32)28(10-11-29)19(24(17)12-14(3)23(16,4)33-24)21(31)27-18-13(2)7-6-8-15(18)25/h6-8,14,16-17,19,29H,5,9-12H2,1-4H3,(H,26,30)(H,27,31)/t14?,16-,17+,19?,23+,24?/m1/s1. The number of hydrogen-bond acceptors (Lipinski definition) is 5. The van der Waals surface area contributed by atoms with Crippen LogP contribution in [0.2, 0.25) is 5.02 Å². The lowest BCUT2D eigenvalue weighted by Crippen LogP contribution is -2.54. The van der Waals surface area contributed by atoms with Crippen molar-refractivity contribution in [2.75, 3.05) is 25.0 Å². The van der Waals surface area contributed by atoms with Crippen molar-refractivity contribution in [3.8, 4) is 0 Å². The number of para-hydroxylation sites is 1. The average Bonchev–Trinajstić information content (AvgIpc) is 3.26. The zero-order chi connectivity index (χ0) is 24.1. The Kier molecular flexibility index (Phi) is 6.22. The molecule has 9 heteroatoms. The van der Waals surface area contributed by atoms with E-state index in [-0.39, 0.29) is 30.9 Å². The number of halogens is 1. The van der Waals surface area contributed by atoms with E-state index in [1.165, 1.54) is 4.90 Å². The topological polar surface area (TPSA) is 108 Å². The van der Waals surface area contributed by atoms with Gasteiger partial charge in [-0.1, -0.05) is 37.6 Å². The van der Waals surface area contributed by atoms with Crippen LogP contribution in [0.4, 0.5) is 5.69 Å². The molecular formula is C24H32ClN3O5. The molecule has 3 unspecified atom stereocenters. The van der Waals surface area contributed by atoms with E-state index in [9.17, 15) is 19.5 Å². The van der Waals surface area contributed by atoms with Gasteiger partial charge in [-0.2, -0.15) is 0 Å². The number of aliphatic hydroxyl groups is 1. The summed E-state index contributed by atoms with van der Waals surface area (Å²) < 4.78 is 6.58. The SMILES string of the molecule is CCCNC(=O)[C@H]1[C@H]2C(=O)N(CCO)C(C(=O)Nc3c(C)cccc3Cl)C23CC(C)[C@]1(C)O3. The quantitative estimate of drug-likeness (QED) is 0.557. The first kappa shape index (κ1) is 24.0. The van der Waals surface area contributed by atoms with E-state index < -0.39 is 35.0 Å². The second-order valence-corrected chi connectivity index (χ2v) is 10.1. The number of nitrogens with zero attached hydrogens (tertiary/aromatic N) is 1. The van der Waals surface area contributed by atoms with E-state index in [4.69, 9.17) is 16.3 Å². The third kappa shape index (κ3) is 3.45. The maximum absolute atomic E-state index is 13.7. The van der Waals surface area contributed by atoms with Gasteiger partial charge in [-0.25, -0.2) is 0 Å². The second-order valence-electron chi connectivity index (χ2n) is 9.67. The third-order valence-corrected chi connectivity index (χ3v) is 8.02. The molecule has 2 bridgehead atoms. The number of aliphatic hydroxyl groups excluding tert-OH is 1. The van der Waals surface area contributed by atoms with E-state index in [2.05, 4.69) is 10.6 Å². The fraction of sp³-hybridized carbons (Fsp3) is 0.625. The minimum atomic E-state index is -1.14. The number of likely N-dealkylation sites (tertiary alicyclic amines) is 1. The Morgan fingerprint density at radius 3 is 2.70 bits per heavy atom. The molecule has 0 saturated carbocycles. The normalized spacial score (nSPS) is 34.5. The molecular weight excluding hydrogens is 446 g/mol. The van der Waals surface area contributed by atoms with Crippen LogP contribution in [0.3, 0.4) is 0 Å². The summed E-state index contributed by atoms with van der Waals surface area (Å²) in [6.45, 7) is 7.85. The molecule has 0 aliphatic carbocycles. The van der Waals surface area contributed by atoms with Crippen molar-refractivity contribution < 1.29 is 24.2 Å². The number of amides is 3. The summed E-state index contributed by atoms with van der Waals surface area (Å²) in [5.41, 5.74) is -0.739. The smallest absolute Gasteiger partial charge is 0.250 e. The lowest BCUT2D eigenvalue weighted by atomic mass is 9.62. The van der Waals surface area contributed by atoms with Crippen molar-refractivity contribution in [3.63, 3.8) is 0 Å². The molecule has 3 aliphatic rings. The highest BCUT2D eigenvalue weighted by molar-refractivity contribution is 6.34. The van der Waals surface area contributed by atoms with Gasteiger partial charge in [0.1, 0.15) is 11.6 Å². The summed E-state index contributed by atoms with van der Waals surface area (Å²) in [6.07, 6.45) is 1.24. The molecule has 6 atom stereocenters. The molecule has 1 spiro atoms. The van der Waals surface area contributed by atoms with Crippen LogP contribution >= 0.6 is 11.6 Å². The van der Waals surface area contributed by atoms with Crippen LogP contribution in [0.25, 0.3) is 0 Å². The Morgan fingerprint density at radius 1 is 1.33 bits per heavy atom. The summed E-state index contributed by atoms with van der Waals surface area (Å²) in [7, 11) is 0. The minimum Gasteiger partial charge on any atom is -0.395 e. The monoisotopic (exact) mass is 477 g/mol. The van der Waals surface area contributed by atoms with Crippen molar-refractivity contribution in [1.82, 2.24) is 10.2 Å². The average molecular weight is 478 g/mol. The fourth-order valence-electron chi connectivity index (χ4n) is 6.13. The molecule has 3 fully saturated rings. The van der Waals surface area contributed by atoms with Gasteiger partial charge in [-0.05, 0) is 44.2 Å². The molecule has 1 aromatic carbocycles. The number of carbonyl (C=O) groups is 3. The molecule has 180 valence electrons. The zero-order valence-corrected chi connectivity index (χ0v) is 20.2. The first-order valence-electron chi connectivity index (χ1n) is 11.6. The number of hydrogen-bond donors (Lipinski definition) is 3. The Bertz CT molecular complexity index is 967. The van der Waals surface area contributed by atoms with Crippen LogP contribution in [-0.2, 0) is 19.1 Å². The van der Waals surface area contributed by atoms with Gasteiger partial charge < -0.3 is 25.4 Å². The predicted molar refractivity (Wildman–Crippen MR) is 124 cm³/mol. The number of aryl methyl sites for hydroxylation is 1. The number of ether oxygens (including phenoxy) is 1. The second kappa shape index (κ2) is 8.56. The summed E-state index contributed by atoms with van der Waals surface area (Å²) in [5.74, 6) is -2.51. The highest BCUT2D eigenvalue weighted by atomic mass is 35.5. The molecule has 0 aromatic heterocycles. The number of rotatable bonds is 7. The Hall–Kier alpha value is -2.16. The maximum Gasteiger partial charge on any atom is 0.250 e. The van der Waals surface area contributed by atoms with Crippen LogP contribution < -0.4 is 10.6 Å². The molecule has 3 heterocycles. The summed E-state index contributed by atoms with van der Waals surface area (Å²) >= 11 is 6.33. The molecule has 3 saturated heterocycles. The molecule has 3 aliphatic heterocycles. The molecule has 3 amide bonds. The largest absolute Gasteiger partial charge is 0.395 e. The van der Waals surface area contributed by atoms with Crippen molar-refractivity contribution in [2.24, 2.45) is 17.8 Å². The molecule has 1 aromatic rings. The van der Waals surface area contributed by atoms with E-state index in [0.29, 0.717) is 23.7 Å². The zero-order valence-electron chi connectivity index (χ0n) is 19.5. The number of nitrogens with one attached hydrogen (secondary N) is 2. The van der Waals surface area contributed by atoms with Gasteiger partial charge >= 0.3 is 0 Å². The molecule has 33 heavy (non-hydrogen) atoms. The number of anilines is 1. The van der Waals surface area contributed by atoms with E-state index in [1.54, 1.807) is 12.1 Å². The maximum atomic E-state index is 13.7. The van der Waals surface area contributed by atoms with Gasteiger partial charge in [-0.3, -0.25) is 14.4 Å². The van der Waals surface area contributed by atoms with Crippen LogP contribution in [-0.4, -0.2) is 64.7 Å². The highest BCUT2D eigenvalue weighted by Gasteiger charge is 2.79. The molecule has 0 radical (unpaired) electrons. The van der Waals surface area contributed by atoms with Gasteiger partial charge in [0.2, 0.25) is 17.7 Å². The van der Waals surface area contributed by atoms with Gasteiger partial charge in [0.05, 0.1) is 34.8 Å². The molecule has 4 rings (SSSR count). The van der Waals surface area contributed by atoms with Crippen LogP contribution in [0.15, 0.2) is 18.2 Å². The Balaban J connectivity index is 1.76. The fourth-order valence-corrected chi connectivity index (χ4v) is 6.40. The van der Waals surface area contributed by atoms with E-state index in [1.807, 2.05) is 33.8 Å². The van der Waals surface area contributed by atoms with Gasteiger partial charge in [-0.15, -0.1) is 0 Å². The minimum absolute atomic E-state index is 0.0194. The van der Waals surface area contributed by atoms with E-state index >= 15 is 0 Å². The number of fused-ring (bicyclic) bond motifs is 1. The van der Waals surface area contributed by atoms with Crippen LogP contribution in [0, 0.1) is 24.7 Å². The first-order valence-corrected chi connectivity index (χ1v) is 11.9. The van der Waals surface area contributed by atoms with Crippen molar-refractivity contribution in [2.45, 2.75) is 57.8 Å². The highest BCUT2D eigenvalue weighted by Crippen LogP contribution is 2.65. The molecule has 8 nitrogen and oxygen atoms in total. The first-order chi connectivity index (χ1) is 15.6. The predicted octanol–water partition coefficient (Wildman–Crippen LogP) is 2.12. The Morgan fingerprint density at radius 2 is 2.06 bits per heavy atom. The number of carbonyl (C=O) groups excluding carboxylic acids is 3. The number of benzene rings is 1. The lowest BCUT2D eigenvalue weighted by Gasteiger charge is -2.36. The third-order valence-electron chi connectivity index (χ3n) is 7.71. The van der Waals surface area contributed by atoms with Gasteiger partial charge in [0, 0.05) is 13.1 Å². The Labute approximate surface area is 199 Å². The van der Waals surface area contributed by atoms with E-state index in [0.717, 1.165) is 12.0 Å². The lowest BCUT2D eigenvalue weighted by molar-refractivity contribution is -0.146. The van der Waals surface area contributed by atoms with Crippen LogP contribution in [0.1, 0.15) is 39.2 Å². The van der Waals surface area contributed by atoms with Crippen molar-refractivity contribution in [3.05, 3.63) is 28.8 Å². The summed E-state index contributed by atoms with van der Waals surface area (Å²) in [5, 5.41) is 15.9. The van der Waals surface area contributed by atoms with Gasteiger partial charge in [0.15, 0.2) is 0 Å². The molecule has 3 N–H and O–H groups in total. The van der Waals surface area contributed by atoms with Crippen molar-refractivity contribution in [1.29, 1.82) is 0 Å². The van der Waals surface area contributed by atoms with Gasteiger partial charge in [0.25, 0.3) is 0 Å². The van der Waals surface area contributed by atoms with Crippen LogP contribution in [0.5, 0.6) is 0 Å².